The Hall–Kier alpha value is -4.75. The molecule has 0 aliphatic rings. The molecular formula is C26H27F2N7O5. The van der Waals surface area contributed by atoms with Crippen molar-refractivity contribution in [2.24, 2.45) is 7.05 Å². The van der Waals surface area contributed by atoms with E-state index in [0.29, 0.717) is 0 Å². The zero-order valence-electron chi connectivity index (χ0n) is 22.4. The van der Waals surface area contributed by atoms with Crippen LogP contribution in [-0.4, -0.2) is 47.5 Å². The molecule has 210 valence electrons. The first-order valence-electron chi connectivity index (χ1n) is 12.3. The fourth-order valence-electron chi connectivity index (χ4n) is 4.10. The zero-order chi connectivity index (χ0) is 29.4. The number of methoxy groups -OCH3 is 1. The number of anilines is 1. The number of pyridine rings is 2. The number of amides is 1. The first-order valence-corrected chi connectivity index (χ1v) is 12.3. The van der Waals surface area contributed by atoms with Gasteiger partial charge in [0.15, 0.2) is 16.9 Å². The molecule has 0 spiro atoms. The number of Topliss-reactive ketones (excluding diaryl/α,β-unsaturated/α-hetero) is 1. The van der Waals surface area contributed by atoms with E-state index in [9.17, 15) is 28.0 Å². The van der Waals surface area contributed by atoms with E-state index in [1.54, 1.807) is 19.1 Å². The van der Waals surface area contributed by atoms with E-state index >= 15 is 0 Å². The lowest BCUT2D eigenvalue weighted by Gasteiger charge is -2.16. The number of carbonyl (C=O) groups excluding carboxylic acids is 2. The number of halogens is 2. The fraction of sp³-hybridized carbons (Fsp3) is 0.346. The van der Waals surface area contributed by atoms with Crippen LogP contribution in [0.4, 0.5) is 14.6 Å². The Morgan fingerprint density at radius 2 is 1.93 bits per heavy atom. The van der Waals surface area contributed by atoms with Gasteiger partial charge in [0.2, 0.25) is 11.8 Å². The van der Waals surface area contributed by atoms with Gasteiger partial charge in [-0.05, 0) is 25.1 Å². The van der Waals surface area contributed by atoms with E-state index < -0.39 is 41.2 Å². The van der Waals surface area contributed by atoms with Crippen LogP contribution in [-0.2, 0) is 29.1 Å². The molecular weight excluding hydrogens is 528 g/mol. The van der Waals surface area contributed by atoms with Crippen molar-refractivity contribution in [1.29, 1.82) is 0 Å². The van der Waals surface area contributed by atoms with Gasteiger partial charge in [0.1, 0.15) is 11.9 Å². The van der Waals surface area contributed by atoms with Crippen molar-refractivity contribution in [3.05, 3.63) is 63.2 Å². The lowest BCUT2D eigenvalue weighted by molar-refractivity contribution is -0.120. The van der Waals surface area contributed by atoms with E-state index in [2.05, 4.69) is 20.3 Å². The third-order valence-electron chi connectivity index (χ3n) is 6.40. The second-order valence-electron chi connectivity index (χ2n) is 9.19. The average molecular weight is 556 g/mol. The molecule has 40 heavy (non-hydrogen) atoms. The number of ketones is 1. The van der Waals surface area contributed by atoms with Crippen molar-refractivity contribution in [1.82, 2.24) is 28.7 Å². The van der Waals surface area contributed by atoms with Gasteiger partial charge in [-0.3, -0.25) is 23.5 Å². The summed E-state index contributed by atoms with van der Waals surface area (Å²) in [5, 5.41) is 2.65. The highest BCUT2D eigenvalue weighted by atomic mass is 19.3. The number of hydrogen-bond acceptors (Lipinski definition) is 8. The maximum atomic E-state index is 14.1. The van der Waals surface area contributed by atoms with Crippen LogP contribution in [0.5, 0.6) is 5.88 Å². The maximum Gasteiger partial charge on any atom is 0.332 e. The summed E-state index contributed by atoms with van der Waals surface area (Å²) in [6, 6.07) is 4.91. The third-order valence-corrected chi connectivity index (χ3v) is 6.40. The van der Waals surface area contributed by atoms with Gasteiger partial charge in [0, 0.05) is 32.2 Å². The molecule has 1 atom stereocenters. The number of imidazole rings is 1. The molecule has 12 nitrogen and oxygen atoms in total. The predicted molar refractivity (Wildman–Crippen MR) is 141 cm³/mol. The topological polar surface area (TPSA) is 143 Å². The third kappa shape index (κ3) is 5.24. The molecule has 0 radical (unpaired) electrons. The second-order valence-corrected chi connectivity index (χ2v) is 9.19. The zero-order valence-corrected chi connectivity index (χ0v) is 22.4. The van der Waals surface area contributed by atoms with Gasteiger partial charge in [-0.2, -0.15) is 0 Å². The van der Waals surface area contributed by atoms with Crippen molar-refractivity contribution >= 4 is 28.7 Å². The molecule has 0 aromatic carbocycles. The van der Waals surface area contributed by atoms with Crippen molar-refractivity contribution in [2.75, 3.05) is 12.4 Å². The molecule has 0 fully saturated rings. The Balaban J connectivity index is 1.66. The van der Waals surface area contributed by atoms with Crippen LogP contribution in [0.15, 0.2) is 46.4 Å². The van der Waals surface area contributed by atoms with Crippen LogP contribution >= 0.6 is 0 Å². The lowest BCUT2D eigenvalue weighted by Crippen LogP contribution is -2.41. The number of rotatable bonds is 9. The highest BCUT2D eigenvalue weighted by molar-refractivity contribution is 5.93. The predicted octanol–water partition coefficient (Wildman–Crippen LogP) is 2.65. The molecule has 4 rings (SSSR count). The SMILES string of the molecule is CCC(=O)Cn1c(=O)c2c(ncn2[C@@H](C)C(=O)Nc2cccc(-c3cnc(OC)c(C(C)(F)F)c3)n2)n(C)c1=O. The molecule has 4 aromatic rings. The van der Waals surface area contributed by atoms with Gasteiger partial charge in [-0.1, -0.05) is 13.0 Å². The smallest absolute Gasteiger partial charge is 0.332 e. The molecule has 4 aromatic heterocycles. The number of nitrogens with one attached hydrogen (secondary N) is 1. The number of nitrogens with zero attached hydrogens (tertiary/aromatic N) is 6. The molecule has 1 N–H and O–H groups in total. The normalized spacial score (nSPS) is 12.4. The minimum absolute atomic E-state index is 0.0207. The average Bonchev–Trinajstić information content (AvgIpc) is 3.38. The van der Waals surface area contributed by atoms with E-state index in [1.807, 2.05) is 0 Å². The summed E-state index contributed by atoms with van der Waals surface area (Å²) >= 11 is 0. The van der Waals surface area contributed by atoms with Crippen LogP contribution in [0.1, 0.15) is 38.8 Å². The van der Waals surface area contributed by atoms with Gasteiger partial charge < -0.3 is 14.6 Å². The Bertz CT molecular complexity index is 1740. The number of fused-ring (bicyclic) bond motifs is 1. The van der Waals surface area contributed by atoms with Crippen molar-refractivity contribution in [2.45, 2.75) is 45.7 Å². The summed E-state index contributed by atoms with van der Waals surface area (Å²) in [5.74, 6) is -4.17. The minimum atomic E-state index is -3.21. The Morgan fingerprint density at radius 1 is 1.20 bits per heavy atom. The molecule has 0 aliphatic carbocycles. The Morgan fingerprint density at radius 3 is 2.58 bits per heavy atom. The number of ether oxygens (including phenoxy) is 1. The summed E-state index contributed by atoms with van der Waals surface area (Å²) in [5.41, 5.74) is -1.25. The second kappa shape index (κ2) is 10.8. The van der Waals surface area contributed by atoms with E-state index in [0.717, 1.165) is 16.1 Å². The quantitative estimate of drug-likeness (QED) is 0.332. The molecule has 0 unspecified atom stereocenters. The van der Waals surface area contributed by atoms with Gasteiger partial charge >= 0.3 is 5.69 Å². The summed E-state index contributed by atoms with van der Waals surface area (Å²) in [6.07, 6.45) is 2.74. The largest absolute Gasteiger partial charge is 0.481 e. The molecule has 0 saturated carbocycles. The van der Waals surface area contributed by atoms with Crippen LogP contribution in [0.3, 0.4) is 0 Å². The van der Waals surface area contributed by atoms with Gasteiger partial charge in [-0.25, -0.2) is 28.5 Å². The lowest BCUT2D eigenvalue weighted by atomic mass is 10.1. The first kappa shape index (κ1) is 28.3. The molecule has 0 bridgehead atoms. The molecule has 14 heteroatoms. The Labute approximate surface area is 226 Å². The van der Waals surface area contributed by atoms with Gasteiger partial charge in [0.05, 0.1) is 31.2 Å². The van der Waals surface area contributed by atoms with Crippen molar-refractivity contribution < 1.29 is 23.1 Å². The first-order chi connectivity index (χ1) is 18.9. The summed E-state index contributed by atoms with van der Waals surface area (Å²) in [6.45, 7) is 3.48. The molecule has 0 saturated heterocycles. The van der Waals surface area contributed by atoms with Crippen molar-refractivity contribution in [3.8, 4) is 17.1 Å². The monoisotopic (exact) mass is 555 g/mol. The minimum Gasteiger partial charge on any atom is -0.481 e. The van der Waals surface area contributed by atoms with Crippen molar-refractivity contribution in [3.63, 3.8) is 0 Å². The fourth-order valence-corrected chi connectivity index (χ4v) is 4.10. The summed E-state index contributed by atoms with van der Waals surface area (Å²) in [4.78, 5) is 63.5. The molecule has 0 aliphatic heterocycles. The highest BCUT2D eigenvalue weighted by Gasteiger charge is 2.30. The molecule has 4 heterocycles. The van der Waals surface area contributed by atoms with Gasteiger partial charge in [0.25, 0.3) is 11.5 Å². The number of hydrogen-bond donors (Lipinski definition) is 1. The standard InChI is InChI=1S/C26H27F2N7O5/c1-6-16(36)12-34-24(38)20-21(33(4)25(34)39)30-13-35(20)14(2)22(37)32-19-9-7-8-18(31-19)15-10-17(26(3,27)28)23(40-5)29-11-15/h7-11,13-14H,6,12H2,1-5H3,(H,31,32,37)/t14-/m0/s1. The summed E-state index contributed by atoms with van der Waals surface area (Å²) in [7, 11) is 2.66. The highest BCUT2D eigenvalue weighted by Crippen LogP contribution is 2.35. The van der Waals surface area contributed by atoms with E-state index in [4.69, 9.17) is 4.74 Å². The van der Waals surface area contributed by atoms with E-state index in [1.165, 1.54) is 50.3 Å². The number of aromatic nitrogens is 6. The number of carbonyl (C=O) groups is 2. The van der Waals surface area contributed by atoms with Gasteiger partial charge in [-0.15, -0.1) is 0 Å². The van der Waals surface area contributed by atoms with Crippen LogP contribution in [0.25, 0.3) is 22.4 Å². The summed E-state index contributed by atoms with van der Waals surface area (Å²) < 4.78 is 36.4. The van der Waals surface area contributed by atoms with Crippen LogP contribution < -0.4 is 21.3 Å². The van der Waals surface area contributed by atoms with E-state index in [-0.39, 0.29) is 46.3 Å². The number of alkyl halides is 2. The van der Waals surface area contributed by atoms with Crippen LogP contribution in [0, 0.1) is 0 Å². The van der Waals surface area contributed by atoms with Crippen LogP contribution in [0.2, 0.25) is 0 Å². The molecule has 1 amide bonds. The Kier molecular flexibility index (Phi) is 7.62. The maximum absolute atomic E-state index is 14.1. The number of aryl methyl sites for hydroxylation is 1.